The van der Waals surface area contributed by atoms with Gasteiger partial charge in [0.05, 0.1) is 4.90 Å². The van der Waals surface area contributed by atoms with Crippen molar-refractivity contribution in [1.29, 1.82) is 0 Å². The van der Waals surface area contributed by atoms with Gasteiger partial charge in [-0.1, -0.05) is 26.0 Å². The molecule has 0 aromatic heterocycles. The summed E-state index contributed by atoms with van der Waals surface area (Å²) < 4.78 is 22.4. The number of carbonyl (C=O) groups is 1. The molecule has 112 valence electrons. The van der Waals surface area contributed by atoms with E-state index in [1.807, 2.05) is 13.8 Å². The maximum atomic E-state index is 11.7. The van der Waals surface area contributed by atoms with Crippen LogP contribution in [0.4, 0.5) is 0 Å². The van der Waals surface area contributed by atoms with Crippen LogP contribution in [0.15, 0.2) is 29.2 Å². The monoisotopic (exact) mass is 299 g/mol. The Balaban J connectivity index is 2.60. The molecule has 1 amide bonds. The van der Waals surface area contributed by atoms with Gasteiger partial charge in [-0.25, -0.2) is 13.6 Å². The van der Waals surface area contributed by atoms with Gasteiger partial charge in [0.15, 0.2) is 0 Å². The molecule has 0 fully saturated rings. The minimum Gasteiger partial charge on any atom is -0.352 e. The highest BCUT2D eigenvalue weighted by atomic mass is 32.2. The number of nitrogens with one attached hydrogen (secondary N) is 1. The quantitative estimate of drug-likeness (QED) is 0.701. The van der Waals surface area contributed by atoms with Crippen molar-refractivity contribution in [2.75, 3.05) is 0 Å². The summed E-state index contributed by atoms with van der Waals surface area (Å²) in [5, 5.41) is 7.76. The molecule has 0 saturated carbocycles. The molecule has 1 rings (SSSR count). The van der Waals surface area contributed by atoms with Crippen LogP contribution in [0.3, 0.4) is 0 Å². The standard InChI is InChI=1S/C13H21N3O3S/c1-9(2)12(14)7-13(17)16-8-10-4-3-5-11(6-10)20(15,18)19/h3-6,9,12H,7-8,14H2,1-2H3,(H,16,17)(H2,15,18,19). The Kier molecular flexibility index (Phi) is 5.67. The molecule has 1 atom stereocenters. The molecule has 0 radical (unpaired) electrons. The van der Waals surface area contributed by atoms with Crippen LogP contribution in [0.5, 0.6) is 0 Å². The molecule has 0 spiro atoms. The fraction of sp³-hybridized carbons (Fsp3) is 0.462. The first-order chi connectivity index (χ1) is 9.20. The summed E-state index contributed by atoms with van der Waals surface area (Å²) in [6, 6.07) is 5.97. The average molecular weight is 299 g/mol. The van der Waals surface area contributed by atoms with Gasteiger partial charge in [-0.15, -0.1) is 0 Å². The summed E-state index contributed by atoms with van der Waals surface area (Å²) in [4.78, 5) is 11.7. The third-order valence-electron chi connectivity index (χ3n) is 2.99. The van der Waals surface area contributed by atoms with Gasteiger partial charge >= 0.3 is 0 Å². The molecule has 0 aliphatic rings. The van der Waals surface area contributed by atoms with Crippen molar-refractivity contribution in [3.05, 3.63) is 29.8 Å². The van der Waals surface area contributed by atoms with Gasteiger partial charge in [0.1, 0.15) is 0 Å². The van der Waals surface area contributed by atoms with E-state index in [1.165, 1.54) is 12.1 Å². The van der Waals surface area contributed by atoms with Crippen LogP contribution >= 0.6 is 0 Å². The van der Waals surface area contributed by atoms with Gasteiger partial charge in [-0.2, -0.15) is 0 Å². The van der Waals surface area contributed by atoms with Crippen LogP contribution < -0.4 is 16.2 Å². The largest absolute Gasteiger partial charge is 0.352 e. The average Bonchev–Trinajstić information content (AvgIpc) is 2.35. The normalized spacial score (nSPS) is 13.2. The van der Waals surface area contributed by atoms with Crippen LogP contribution in [0.25, 0.3) is 0 Å². The van der Waals surface area contributed by atoms with Gasteiger partial charge < -0.3 is 11.1 Å². The minimum atomic E-state index is -3.73. The smallest absolute Gasteiger partial charge is 0.238 e. The first kappa shape index (κ1) is 16.6. The lowest BCUT2D eigenvalue weighted by molar-refractivity contribution is -0.121. The second kappa shape index (κ2) is 6.83. The molecule has 0 aliphatic heterocycles. The highest BCUT2D eigenvalue weighted by Crippen LogP contribution is 2.10. The molecule has 1 unspecified atom stereocenters. The number of carbonyl (C=O) groups excluding carboxylic acids is 1. The maximum Gasteiger partial charge on any atom is 0.238 e. The molecule has 0 aliphatic carbocycles. The lowest BCUT2D eigenvalue weighted by Gasteiger charge is -2.15. The van der Waals surface area contributed by atoms with E-state index in [-0.39, 0.29) is 35.7 Å². The van der Waals surface area contributed by atoms with E-state index in [0.29, 0.717) is 5.56 Å². The Morgan fingerprint density at radius 2 is 2.00 bits per heavy atom. The van der Waals surface area contributed by atoms with Crippen LogP contribution in [-0.2, 0) is 21.4 Å². The maximum absolute atomic E-state index is 11.7. The van der Waals surface area contributed by atoms with Gasteiger partial charge in [0, 0.05) is 19.0 Å². The number of amides is 1. The first-order valence-corrected chi connectivity index (χ1v) is 7.89. The van der Waals surface area contributed by atoms with Gasteiger partial charge in [-0.3, -0.25) is 4.79 Å². The van der Waals surface area contributed by atoms with E-state index in [9.17, 15) is 13.2 Å². The van der Waals surface area contributed by atoms with Crippen molar-refractivity contribution in [1.82, 2.24) is 5.32 Å². The van der Waals surface area contributed by atoms with Crippen molar-refractivity contribution < 1.29 is 13.2 Å². The Hall–Kier alpha value is -1.44. The molecule has 0 saturated heterocycles. The Bertz CT molecular complexity index is 570. The van der Waals surface area contributed by atoms with Crippen LogP contribution in [0, 0.1) is 5.92 Å². The summed E-state index contributed by atoms with van der Waals surface area (Å²) in [5.74, 6) is 0.0682. The SMILES string of the molecule is CC(C)C(N)CC(=O)NCc1cccc(S(N)(=O)=O)c1. The number of rotatable bonds is 6. The number of hydrogen-bond donors (Lipinski definition) is 3. The second-order valence-corrected chi connectivity index (χ2v) is 6.64. The van der Waals surface area contributed by atoms with E-state index < -0.39 is 10.0 Å². The summed E-state index contributed by atoms with van der Waals surface area (Å²) in [7, 11) is -3.73. The first-order valence-electron chi connectivity index (χ1n) is 6.34. The molecule has 1 aromatic rings. The van der Waals surface area contributed by atoms with Crippen LogP contribution in [0.1, 0.15) is 25.8 Å². The van der Waals surface area contributed by atoms with Crippen molar-refractivity contribution in [2.24, 2.45) is 16.8 Å². The molecule has 0 heterocycles. The van der Waals surface area contributed by atoms with Gasteiger partial charge in [0.2, 0.25) is 15.9 Å². The van der Waals surface area contributed by atoms with E-state index in [2.05, 4.69) is 5.32 Å². The molecule has 6 nitrogen and oxygen atoms in total. The summed E-state index contributed by atoms with van der Waals surface area (Å²) in [5.41, 5.74) is 6.48. The Labute approximate surface area is 119 Å². The summed E-state index contributed by atoms with van der Waals surface area (Å²) in [6.45, 7) is 4.15. The number of sulfonamides is 1. The summed E-state index contributed by atoms with van der Waals surface area (Å²) >= 11 is 0. The second-order valence-electron chi connectivity index (χ2n) is 5.08. The number of hydrogen-bond acceptors (Lipinski definition) is 4. The highest BCUT2D eigenvalue weighted by Gasteiger charge is 2.13. The van der Waals surface area contributed by atoms with E-state index in [1.54, 1.807) is 12.1 Å². The van der Waals surface area contributed by atoms with Crippen molar-refractivity contribution in [3.63, 3.8) is 0 Å². The van der Waals surface area contributed by atoms with Gasteiger partial charge in [-0.05, 0) is 23.6 Å². The Morgan fingerprint density at radius 1 is 1.35 bits per heavy atom. The molecular weight excluding hydrogens is 278 g/mol. The molecule has 7 heteroatoms. The van der Waals surface area contributed by atoms with Crippen molar-refractivity contribution in [2.45, 2.75) is 37.8 Å². The Morgan fingerprint density at radius 3 is 2.55 bits per heavy atom. The zero-order valence-corrected chi connectivity index (χ0v) is 12.5. The third kappa shape index (κ3) is 5.28. The zero-order valence-electron chi connectivity index (χ0n) is 11.7. The molecular formula is C13H21N3O3S. The minimum absolute atomic E-state index is 0.0307. The van der Waals surface area contributed by atoms with E-state index in [0.717, 1.165) is 0 Å². The highest BCUT2D eigenvalue weighted by molar-refractivity contribution is 7.89. The topological polar surface area (TPSA) is 115 Å². The lowest BCUT2D eigenvalue weighted by atomic mass is 10.0. The summed E-state index contributed by atoms with van der Waals surface area (Å²) in [6.07, 6.45) is 0.243. The zero-order chi connectivity index (χ0) is 15.3. The number of primary sulfonamides is 1. The molecule has 1 aromatic carbocycles. The van der Waals surface area contributed by atoms with Gasteiger partial charge in [0.25, 0.3) is 0 Å². The predicted octanol–water partition coefficient (Wildman–Crippen LogP) is 0.324. The van der Waals surface area contributed by atoms with Crippen LogP contribution in [-0.4, -0.2) is 20.4 Å². The number of nitrogens with two attached hydrogens (primary N) is 2. The fourth-order valence-electron chi connectivity index (χ4n) is 1.56. The lowest BCUT2D eigenvalue weighted by Crippen LogP contribution is -2.34. The third-order valence-corrected chi connectivity index (χ3v) is 3.91. The van der Waals surface area contributed by atoms with Crippen molar-refractivity contribution >= 4 is 15.9 Å². The van der Waals surface area contributed by atoms with Crippen molar-refractivity contribution in [3.8, 4) is 0 Å². The molecule has 0 bridgehead atoms. The van der Waals surface area contributed by atoms with Crippen LogP contribution in [0.2, 0.25) is 0 Å². The van der Waals surface area contributed by atoms with E-state index >= 15 is 0 Å². The predicted molar refractivity (Wildman–Crippen MR) is 77.1 cm³/mol. The fourth-order valence-corrected chi connectivity index (χ4v) is 2.14. The van der Waals surface area contributed by atoms with E-state index in [4.69, 9.17) is 10.9 Å². The molecule has 20 heavy (non-hydrogen) atoms. The number of benzene rings is 1. The molecule has 5 N–H and O–H groups in total.